The van der Waals surface area contributed by atoms with Gasteiger partial charge in [0.25, 0.3) is 0 Å². The highest BCUT2D eigenvalue weighted by atomic mass is 28.4. The fourth-order valence-corrected chi connectivity index (χ4v) is 5.08. The van der Waals surface area contributed by atoms with Gasteiger partial charge in [0.2, 0.25) is 0 Å². The Morgan fingerprint density at radius 1 is 0.913 bits per heavy atom. The zero-order valence-corrected chi connectivity index (χ0v) is 16.7. The van der Waals surface area contributed by atoms with Gasteiger partial charge >= 0.3 is 14.8 Å². The molecule has 0 saturated carbocycles. The van der Waals surface area contributed by atoms with Crippen molar-refractivity contribution in [2.75, 3.05) is 39.5 Å². The van der Waals surface area contributed by atoms with Crippen molar-refractivity contribution in [3.63, 3.8) is 0 Å². The first-order valence-electron chi connectivity index (χ1n) is 9.03. The Bertz CT molecular complexity index is 283. The van der Waals surface area contributed by atoms with E-state index in [2.05, 4.69) is 19.2 Å². The average molecular weight is 349 g/mol. The van der Waals surface area contributed by atoms with Gasteiger partial charge in [0.1, 0.15) is 0 Å². The number of hydrogen-bond donors (Lipinski definition) is 1. The highest BCUT2D eigenvalue weighted by Crippen LogP contribution is 2.17. The van der Waals surface area contributed by atoms with Gasteiger partial charge in [-0.15, -0.1) is 0 Å². The van der Waals surface area contributed by atoms with E-state index in [4.69, 9.17) is 13.3 Å². The van der Waals surface area contributed by atoms with Crippen LogP contribution in [0.4, 0.5) is 4.79 Å². The normalized spacial score (nSPS) is 11.5. The molecule has 0 bridgehead atoms. The first kappa shape index (κ1) is 22.4. The smallest absolute Gasteiger partial charge is 0.374 e. The molecule has 0 aromatic rings. The third-order valence-electron chi connectivity index (χ3n) is 3.30. The molecule has 7 heteroatoms. The summed E-state index contributed by atoms with van der Waals surface area (Å²) in [6.07, 6.45) is 2.75. The first-order valence-corrected chi connectivity index (χ1v) is 11.0. The van der Waals surface area contributed by atoms with Crippen LogP contribution in [0.25, 0.3) is 0 Å². The molecule has 23 heavy (non-hydrogen) atoms. The van der Waals surface area contributed by atoms with Gasteiger partial charge in [-0.2, -0.15) is 0 Å². The molecular formula is C16H36N2O4Si. The summed E-state index contributed by atoms with van der Waals surface area (Å²) in [6.45, 7) is 14.0. The van der Waals surface area contributed by atoms with Crippen LogP contribution in [0, 0.1) is 0 Å². The van der Waals surface area contributed by atoms with Crippen molar-refractivity contribution in [2.24, 2.45) is 0 Å². The molecule has 0 aliphatic carbocycles. The highest BCUT2D eigenvalue weighted by molar-refractivity contribution is 6.60. The van der Waals surface area contributed by atoms with E-state index in [9.17, 15) is 4.79 Å². The topological polar surface area (TPSA) is 60.0 Å². The third kappa shape index (κ3) is 9.29. The van der Waals surface area contributed by atoms with Crippen molar-refractivity contribution in [2.45, 2.75) is 59.9 Å². The van der Waals surface area contributed by atoms with Gasteiger partial charge in [0.15, 0.2) is 0 Å². The van der Waals surface area contributed by atoms with Gasteiger partial charge in [-0.05, 0) is 40.0 Å². The van der Waals surface area contributed by atoms with E-state index in [-0.39, 0.29) is 6.03 Å². The summed E-state index contributed by atoms with van der Waals surface area (Å²) in [4.78, 5) is 14.0. The summed E-state index contributed by atoms with van der Waals surface area (Å²) >= 11 is 0. The maximum absolute atomic E-state index is 12.2. The monoisotopic (exact) mass is 348 g/mol. The lowest BCUT2D eigenvalue weighted by molar-refractivity contribution is 0.0708. The summed E-state index contributed by atoms with van der Waals surface area (Å²) in [5.41, 5.74) is 0. The van der Waals surface area contributed by atoms with Crippen molar-refractivity contribution in [3.05, 3.63) is 0 Å². The minimum Gasteiger partial charge on any atom is -0.374 e. The average Bonchev–Trinajstić information content (AvgIpc) is 2.52. The fourth-order valence-electron chi connectivity index (χ4n) is 2.47. The van der Waals surface area contributed by atoms with Gasteiger partial charge < -0.3 is 23.5 Å². The predicted molar refractivity (Wildman–Crippen MR) is 95.6 cm³/mol. The number of urea groups is 1. The largest absolute Gasteiger partial charge is 0.500 e. The standard InChI is InChI=1S/C16H36N2O4Si/c1-6-13-18(14-7-2)16(19)17-12-11-15-23(20-8-3,21-9-4)22-10-5/h6-15H2,1-5H3,(H,17,19). The summed E-state index contributed by atoms with van der Waals surface area (Å²) in [7, 11) is -2.59. The molecule has 0 unspecified atom stereocenters. The molecule has 0 aliphatic rings. The summed E-state index contributed by atoms with van der Waals surface area (Å²) in [5, 5.41) is 2.99. The highest BCUT2D eigenvalue weighted by Gasteiger charge is 2.39. The van der Waals surface area contributed by atoms with E-state index in [1.165, 1.54) is 0 Å². The second-order valence-electron chi connectivity index (χ2n) is 5.30. The minimum absolute atomic E-state index is 0.0187. The molecular weight excluding hydrogens is 312 g/mol. The van der Waals surface area contributed by atoms with Crippen LogP contribution in [0.15, 0.2) is 0 Å². The molecule has 138 valence electrons. The van der Waals surface area contributed by atoms with Gasteiger partial charge in [0, 0.05) is 45.5 Å². The molecule has 0 saturated heterocycles. The Labute approximate surface area is 143 Å². The molecule has 0 aromatic carbocycles. The molecule has 0 aromatic heterocycles. The van der Waals surface area contributed by atoms with E-state index in [0.717, 1.165) is 38.4 Å². The first-order chi connectivity index (χ1) is 11.1. The fraction of sp³-hybridized carbons (Fsp3) is 0.938. The molecule has 1 N–H and O–H groups in total. The van der Waals surface area contributed by atoms with Crippen molar-refractivity contribution in [1.29, 1.82) is 0 Å². The lowest BCUT2D eigenvalue weighted by Crippen LogP contribution is -2.47. The molecule has 0 spiro atoms. The second kappa shape index (κ2) is 13.8. The maximum atomic E-state index is 12.2. The van der Waals surface area contributed by atoms with Crippen LogP contribution in [-0.4, -0.2) is 59.2 Å². The van der Waals surface area contributed by atoms with E-state index in [1.807, 2.05) is 25.7 Å². The Morgan fingerprint density at radius 2 is 1.39 bits per heavy atom. The minimum atomic E-state index is -2.59. The van der Waals surface area contributed by atoms with E-state index in [1.54, 1.807) is 0 Å². The zero-order valence-electron chi connectivity index (χ0n) is 15.7. The molecule has 0 heterocycles. The van der Waals surface area contributed by atoms with Crippen LogP contribution in [0.5, 0.6) is 0 Å². The second-order valence-corrected chi connectivity index (χ2v) is 8.04. The quantitative estimate of drug-likeness (QED) is 0.387. The molecule has 0 radical (unpaired) electrons. The lowest BCUT2D eigenvalue weighted by Gasteiger charge is -2.28. The van der Waals surface area contributed by atoms with Crippen LogP contribution < -0.4 is 5.32 Å². The van der Waals surface area contributed by atoms with Gasteiger partial charge in [-0.25, -0.2) is 4.79 Å². The summed E-state index contributed by atoms with van der Waals surface area (Å²) in [5.74, 6) is 0. The molecule has 0 aliphatic heterocycles. The Balaban J connectivity index is 4.33. The Hall–Kier alpha value is -0.633. The zero-order chi connectivity index (χ0) is 17.6. The van der Waals surface area contributed by atoms with Crippen LogP contribution >= 0.6 is 0 Å². The SMILES string of the molecule is CCCN(CCC)C(=O)NCCC[Si](OCC)(OCC)OCC. The van der Waals surface area contributed by atoms with Crippen LogP contribution in [-0.2, 0) is 13.3 Å². The van der Waals surface area contributed by atoms with Crippen molar-refractivity contribution >= 4 is 14.8 Å². The van der Waals surface area contributed by atoms with Gasteiger partial charge in [-0.3, -0.25) is 0 Å². The maximum Gasteiger partial charge on any atom is 0.500 e. The molecule has 2 amide bonds. The lowest BCUT2D eigenvalue weighted by atomic mass is 10.3. The number of hydrogen-bond acceptors (Lipinski definition) is 4. The predicted octanol–water partition coefficient (Wildman–Crippen LogP) is 3.26. The molecule has 0 fully saturated rings. The number of nitrogens with one attached hydrogen (secondary N) is 1. The molecule has 6 nitrogen and oxygen atoms in total. The number of amides is 2. The van der Waals surface area contributed by atoms with Crippen LogP contribution in [0.1, 0.15) is 53.9 Å². The number of carbonyl (C=O) groups is 1. The van der Waals surface area contributed by atoms with Crippen LogP contribution in [0.2, 0.25) is 6.04 Å². The van der Waals surface area contributed by atoms with E-state index in [0.29, 0.717) is 26.4 Å². The van der Waals surface area contributed by atoms with Gasteiger partial charge in [0.05, 0.1) is 0 Å². The summed E-state index contributed by atoms with van der Waals surface area (Å²) in [6, 6.07) is 0.745. The Morgan fingerprint density at radius 3 is 1.78 bits per heavy atom. The number of nitrogens with zero attached hydrogens (tertiary/aromatic N) is 1. The van der Waals surface area contributed by atoms with E-state index >= 15 is 0 Å². The third-order valence-corrected chi connectivity index (χ3v) is 6.45. The van der Waals surface area contributed by atoms with Crippen molar-refractivity contribution in [3.8, 4) is 0 Å². The molecule has 0 rings (SSSR count). The number of carbonyl (C=O) groups excluding carboxylic acids is 1. The van der Waals surface area contributed by atoms with Gasteiger partial charge in [-0.1, -0.05) is 13.8 Å². The van der Waals surface area contributed by atoms with Crippen molar-refractivity contribution < 1.29 is 18.1 Å². The number of rotatable bonds is 14. The molecule has 0 atom stereocenters. The van der Waals surface area contributed by atoms with Crippen molar-refractivity contribution in [1.82, 2.24) is 10.2 Å². The Kier molecular flexibility index (Phi) is 13.4. The summed E-state index contributed by atoms with van der Waals surface area (Å²) < 4.78 is 17.4. The van der Waals surface area contributed by atoms with E-state index < -0.39 is 8.80 Å². The van der Waals surface area contributed by atoms with Crippen LogP contribution in [0.3, 0.4) is 0 Å².